The largest absolute Gasteiger partial charge is 0.474 e. The second kappa shape index (κ2) is 6.00. The molecule has 1 aliphatic heterocycles. The van der Waals surface area contributed by atoms with E-state index in [0.717, 1.165) is 24.3 Å². The van der Waals surface area contributed by atoms with Crippen LogP contribution in [0.15, 0.2) is 0 Å². The highest BCUT2D eigenvalue weighted by Gasteiger charge is 2.21. The predicted octanol–water partition coefficient (Wildman–Crippen LogP) is 1.93. The molecule has 0 aromatic carbocycles. The van der Waals surface area contributed by atoms with Crippen LogP contribution in [0.5, 0.6) is 5.88 Å². The van der Waals surface area contributed by atoms with Crippen molar-refractivity contribution in [1.29, 1.82) is 0 Å². The molecule has 1 aliphatic rings. The number of nitrogens with zero attached hydrogens (tertiary/aromatic N) is 2. The van der Waals surface area contributed by atoms with Gasteiger partial charge in [-0.05, 0) is 27.2 Å². The Bertz CT molecular complexity index is 400. The molecule has 0 radical (unpaired) electrons. The molecule has 0 unspecified atom stereocenters. The summed E-state index contributed by atoms with van der Waals surface area (Å²) in [5.74, 6) is 2.13. The van der Waals surface area contributed by atoms with Crippen molar-refractivity contribution >= 4 is 5.82 Å². The average molecular weight is 253 g/mol. The first-order valence-electron chi connectivity index (χ1n) is 6.42. The van der Waals surface area contributed by atoms with E-state index < -0.39 is 5.60 Å². The Morgan fingerprint density at radius 3 is 2.61 bits per heavy atom. The van der Waals surface area contributed by atoms with E-state index in [4.69, 9.17) is 4.74 Å². The highest BCUT2D eigenvalue weighted by Crippen LogP contribution is 2.28. The first-order chi connectivity index (χ1) is 8.46. The van der Waals surface area contributed by atoms with Gasteiger partial charge >= 0.3 is 0 Å². The van der Waals surface area contributed by atoms with Gasteiger partial charge in [-0.25, -0.2) is 4.98 Å². The molecular formula is C13H23N3O2. The van der Waals surface area contributed by atoms with Crippen molar-refractivity contribution < 1.29 is 9.84 Å². The van der Waals surface area contributed by atoms with Crippen molar-refractivity contribution in [3.8, 4) is 5.88 Å². The van der Waals surface area contributed by atoms with Crippen LogP contribution in [0.1, 0.15) is 39.1 Å². The van der Waals surface area contributed by atoms with E-state index in [1.807, 2.05) is 20.8 Å². The van der Waals surface area contributed by atoms with Gasteiger partial charge in [0.25, 0.3) is 0 Å². The zero-order valence-electron chi connectivity index (χ0n) is 11.9. The maximum atomic E-state index is 9.61. The molecule has 0 fully saturated rings. The van der Waals surface area contributed by atoms with E-state index >= 15 is 0 Å². The van der Waals surface area contributed by atoms with Gasteiger partial charge in [-0.3, -0.25) is 0 Å². The van der Waals surface area contributed by atoms with Gasteiger partial charge in [0.2, 0.25) is 5.88 Å². The second-order valence-electron chi connectivity index (χ2n) is 4.68. The zero-order valence-corrected chi connectivity index (χ0v) is 11.9. The standard InChI is InChI=1S/C11H17N3O2.C2H6/c1-7-13-9-8(4-5-12-9)10(14-7)16-6-11(2,3)15;1-2/h15H,4-6H2,1-3H3,(H,12,13,14);1-2H3. The van der Waals surface area contributed by atoms with E-state index in [0.29, 0.717) is 11.7 Å². The van der Waals surface area contributed by atoms with E-state index in [2.05, 4.69) is 15.3 Å². The highest BCUT2D eigenvalue weighted by atomic mass is 16.5. The number of aromatic nitrogens is 2. The lowest BCUT2D eigenvalue weighted by atomic mass is 10.2. The lowest BCUT2D eigenvalue weighted by Gasteiger charge is -2.18. The second-order valence-corrected chi connectivity index (χ2v) is 4.68. The minimum Gasteiger partial charge on any atom is -0.474 e. The lowest BCUT2D eigenvalue weighted by molar-refractivity contribution is 0.0264. The molecule has 2 rings (SSSR count). The van der Waals surface area contributed by atoms with Crippen LogP contribution in [0.2, 0.25) is 0 Å². The van der Waals surface area contributed by atoms with E-state index in [1.165, 1.54) is 0 Å². The van der Waals surface area contributed by atoms with Crippen LogP contribution in [0.3, 0.4) is 0 Å². The monoisotopic (exact) mass is 253 g/mol. The molecule has 0 amide bonds. The van der Waals surface area contributed by atoms with Crippen LogP contribution >= 0.6 is 0 Å². The van der Waals surface area contributed by atoms with Gasteiger partial charge in [-0.1, -0.05) is 13.8 Å². The number of anilines is 1. The molecule has 2 heterocycles. The predicted molar refractivity (Wildman–Crippen MR) is 72.1 cm³/mol. The van der Waals surface area contributed by atoms with E-state index in [1.54, 1.807) is 13.8 Å². The Kier molecular flexibility index (Phi) is 4.90. The number of fused-ring (bicyclic) bond motifs is 1. The molecule has 0 bridgehead atoms. The Labute approximate surface area is 109 Å². The summed E-state index contributed by atoms with van der Waals surface area (Å²) in [6.45, 7) is 10.3. The summed E-state index contributed by atoms with van der Waals surface area (Å²) < 4.78 is 5.55. The fourth-order valence-corrected chi connectivity index (χ4v) is 1.61. The van der Waals surface area contributed by atoms with Crippen LogP contribution in [0, 0.1) is 6.92 Å². The highest BCUT2D eigenvalue weighted by molar-refractivity contribution is 5.53. The summed E-state index contributed by atoms with van der Waals surface area (Å²) in [6.07, 6.45) is 0.872. The lowest BCUT2D eigenvalue weighted by Crippen LogP contribution is -2.28. The van der Waals surface area contributed by atoms with Crippen LogP contribution in [0.25, 0.3) is 0 Å². The third kappa shape index (κ3) is 3.84. The number of aryl methyl sites for hydroxylation is 1. The summed E-state index contributed by atoms with van der Waals surface area (Å²) in [5.41, 5.74) is 0.160. The summed E-state index contributed by atoms with van der Waals surface area (Å²) in [7, 11) is 0. The molecule has 5 nitrogen and oxygen atoms in total. The summed E-state index contributed by atoms with van der Waals surface area (Å²) >= 11 is 0. The third-order valence-electron chi connectivity index (χ3n) is 2.31. The maximum Gasteiger partial charge on any atom is 0.222 e. The zero-order chi connectivity index (χ0) is 13.8. The normalized spacial score (nSPS) is 13.2. The van der Waals surface area contributed by atoms with Gasteiger partial charge in [0, 0.05) is 6.54 Å². The molecule has 0 aliphatic carbocycles. The molecule has 1 aromatic heterocycles. The molecular weight excluding hydrogens is 230 g/mol. The van der Waals surface area contributed by atoms with Gasteiger partial charge in [-0.2, -0.15) is 4.98 Å². The molecule has 18 heavy (non-hydrogen) atoms. The van der Waals surface area contributed by atoms with Gasteiger partial charge in [0.15, 0.2) is 0 Å². The number of aliphatic hydroxyl groups is 1. The minimum absolute atomic E-state index is 0.232. The SMILES string of the molecule is CC.Cc1nc2c(c(OCC(C)(C)O)n1)CCN2. The van der Waals surface area contributed by atoms with Crippen molar-refractivity contribution in [3.63, 3.8) is 0 Å². The fraction of sp³-hybridized carbons (Fsp3) is 0.692. The van der Waals surface area contributed by atoms with Crippen molar-refractivity contribution in [2.75, 3.05) is 18.5 Å². The van der Waals surface area contributed by atoms with E-state index in [-0.39, 0.29) is 6.61 Å². The first-order valence-corrected chi connectivity index (χ1v) is 6.42. The van der Waals surface area contributed by atoms with Crippen molar-refractivity contribution in [2.45, 2.75) is 46.6 Å². The summed E-state index contributed by atoms with van der Waals surface area (Å²) in [6, 6.07) is 0. The van der Waals surface area contributed by atoms with Gasteiger partial charge < -0.3 is 15.2 Å². The van der Waals surface area contributed by atoms with Crippen molar-refractivity contribution in [3.05, 3.63) is 11.4 Å². The molecule has 102 valence electrons. The van der Waals surface area contributed by atoms with Crippen LogP contribution in [-0.2, 0) is 6.42 Å². The molecule has 0 saturated heterocycles. The van der Waals surface area contributed by atoms with Crippen molar-refractivity contribution in [1.82, 2.24) is 9.97 Å². The van der Waals surface area contributed by atoms with Gasteiger partial charge in [0.05, 0.1) is 11.2 Å². The number of hydrogen-bond donors (Lipinski definition) is 2. The Balaban J connectivity index is 0.000000771. The number of rotatable bonds is 3. The smallest absolute Gasteiger partial charge is 0.222 e. The number of nitrogens with one attached hydrogen (secondary N) is 1. The van der Waals surface area contributed by atoms with Crippen LogP contribution in [-0.4, -0.2) is 33.8 Å². The number of ether oxygens (including phenoxy) is 1. The van der Waals surface area contributed by atoms with Crippen LogP contribution in [0.4, 0.5) is 5.82 Å². The third-order valence-corrected chi connectivity index (χ3v) is 2.31. The van der Waals surface area contributed by atoms with Crippen LogP contribution < -0.4 is 10.1 Å². The molecule has 5 heteroatoms. The topological polar surface area (TPSA) is 67.3 Å². The Hall–Kier alpha value is -1.36. The average Bonchev–Trinajstić information content (AvgIpc) is 2.75. The Morgan fingerprint density at radius 2 is 2.00 bits per heavy atom. The fourth-order valence-electron chi connectivity index (χ4n) is 1.61. The molecule has 0 saturated carbocycles. The first kappa shape index (κ1) is 14.7. The summed E-state index contributed by atoms with van der Waals surface area (Å²) in [5, 5.41) is 12.8. The van der Waals surface area contributed by atoms with Crippen molar-refractivity contribution in [2.24, 2.45) is 0 Å². The molecule has 0 atom stereocenters. The maximum absolute atomic E-state index is 9.61. The van der Waals surface area contributed by atoms with Gasteiger partial charge in [0.1, 0.15) is 18.2 Å². The van der Waals surface area contributed by atoms with E-state index in [9.17, 15) is 5.11 Å². The Morgan fingerprint density at radius 1 is 1.33 bits per heavy atom. The number of hydrogen-bond acceptors (Lipinski definition) is 5. The quantitative estimate of drug-likeness (QED) is 0.861. The minimum atomic E-state index is -0.849. The molecule has 2 N–H and O–H groups in total. The van der Waals surface area contributed by atoms with Gasteiger partial charge in [-0.15, -0.1) is 0 Å². The molecule has 0 spiro atoms. The summed E-state index contributed by atoms with van der Waals surface area (Å²) in [4.78, 5) is 8.56. The molecule has 1 aromatic rings.